The fourth-order valence-corrected chi connectivity index (χ4v) is 4.43. The molecule has 0 heterocycles. The molecule has 2 aliphatic rings. The Labute approximate surface area is 161 Å². The molecule has 0 bridgehead atoms. The average molecular weight is 376 g/mol. The summed E-state index contributed by atoms with van der Waals surface area (Å²) in [5.74, 6) is -0.0491. The van der Waals surface area contributed by atoms with Gasteiger partial charge in [-0.3, -0.25) is 0 Å². The maximum Gasteiger partial charge on any atom is 0.416 e. The van der Waals surface area contributed by atoms with Crippen LogP contribution in [0, 0.1) is 0 Å². The quantitative estimate of drug-likeness (QED) is 0.521. The van der Waals surface area contributed by atoms with E-state index in [4.69, 9.17) is 0 Å². The van der Waals surface area contributed by atoms with Crippen molar-refractivity contribution in [3.8, 4) is 0 Å². The SMILES string of the molecule is FC(F)(F)c1cccc(C2C=c3c(ccc4c5c(ccc34)CCC=C5)=CC2)c1. The number of fused-ring (bicyclic) bond motifs is 5. The Morgan fingerprint density at radius 2 is 1.79 bits per heavy atom. The first kappa shape index (κ1) is 17.3. The van der Waals surface area contributed by atoms with E-state index in [0.29, 0.717) is 12.0 Å². The van der Waals surface area contributed by atoms with E-state index in [1.807, 2.05) is 0 Å². The standard InChI is InChI=1S/C25H19F3/c26-25(27,28)20-6-3-5-18(14-20)19-9-8-17-11-12-22-21-7-2-1-4-16(21)10-13-23(22)24(17)15-19/h2-3,5-8,10-15,19H,1,4,9H2. The minimum atomic E-state index is -4.32. The van der Waals surface area contributed by atoms with Crippen molar-refractivity contribution in [1.29, 1.82) is 0 Å². The van der Waals surface area contributed by atoms with Gasteiger partial charge < -0.3 is 0 Å². The third kappa shape index (κ3) is 2.86. The zero-order chi connectivity index (χ0) is 19.3. The lowest BCUT2D eigenvalue weighted by Crippen LogP contribution is -2.29. The summed E-state index contributed by atoms with van der Waals surface area (Å²) in [5, 5.41) is 4.70. The van der Waals surface area contributed by atoms with Crippen molar-refractivity contribution in [3.05, 3.63) is 87.3 Å². The van der Waals surface area contributed by atoms with Gasteiger partial charge in [-0.25, -0.2) is 0 Å². The number of halogens is 3. The van der Waals surface area contributed by atoms with Crippen LogP contribution in [0.25, 0.3) is 29.0 Å². The molecule has 0 saturated heterocycles. The molecular weight excluding hydrogens is 357 g/mol. The number of benzene rings is 3. The van der Waals surface area contributed by atoms with Gasteiger partial charge in [0.05, 0.1) is 5.56 Å². The van der Waals surface area contributed by atoms with Crippen LogP contribution in [0.4, 0.5) is 13.2 Å². The fraction of sp³-hybridized carbons (Fsp3) is 0.200. The highest BCUT2D eigenvalue weighted by atomic mass is 19.4. The lowest BCUT2D eigenvalue weighted by atomic mass is 9.86. The molecule has 2 aliphatic carbocycles. The Bertz CT molecular complexity index is 1230. The molecule has 5 rings (SSSR count). The predicted octanol–water partition coefficient (Wildman–Crippen LogP) is 5.57. The molecule has 0 radical (unpaired) electrons. The van der Waals surface area contributed by atoms with Crippen LogP contribution in [0.15, 0.2) is 54.6 Å². The van der Waals surface area contributed by atoms with Crippen LogP contribution in [-0.2, 0) is 12.6 Å². The second-order valence-corrected chi connectivity index (χ2v) is 7.58. The van der Waals surface area contributed by atoms with E-state index < -0.39 is 11.7 Å². The maximum absolute atomic E-state index is 13.1. The van der Waals surface area contributed by atoms with Gasteiger partial charge in [0.15, 0.2) is 0 Å². The minimum absolute atomic E-state index is 0.0491. The molecule has 140 valence electrons. The number of hydrogen-bond acceptors (Lipinski definition) is 0. The number of alkyl halides is 3. The van der Waals surface area contributed by atoms with Gasteiger partial charge in [-0.2, -0.15) is 13.2 Å². The lowest BCUT2D eigenvalue weighted by molar-refractivity contribution is -0.137. The van der Waals surface area contributed by atoms with Crippen LogP contribution >= 0.6 is 0 Å². The van der Waals surface area contributed by atoms with E-state index >= 15 is 0 Å². The molecule has 0 aliphatic heterocycles. The first-order chi connectivity index (χ1) is 13.5. The Kier molecular flexibility index (Phi) is 3.94. The summed E-state index contributed by atoms with van der Waals surface area (Å²) in [4.78, 5) is 0. The van der Waals surface area contributed by atoms with Gasteiger partial charge in [0.2, 0.25) is 0 Å². The zero-order valence-electron chi connectivity index (χ0n) is 15.3. The van der Waals surface area contributed by atoms with Gasteiger partial charge in [0.1, 0.15) is 0 Å². The second kappa shape index (κ2) is 6.37. The number of allylic oxidation sites excluding steroid dienone is 1. The van der Waals surface area contributed by atoms with Crippen LogP contribution in [0.5, 0.6) is 0 Å². The van der Waals surface area contributed by atoms with E-state index in [1.54, 1.807) is 6.07 Å². The Morgan fingerprint density at radius 3 is 2.64 bits per heavy atom. The lowest BCUT2D eigenvalue weighted by Gasteiger charge is -2.19. The summed E-state index contributed by atoms with van der Waals surface area (Å²) in [6.07, 6.45) is 7.23. The Morgan fingerprint density at radius 1 is 0.929 bits per heavy atom. The van der Waals surface area contributed by atoms with Gasteiger partial charge in [-0.1, -0.05) is 66.8 Å². The van der Waals surface area contributed by atoms with E-state index in [2.05, 4.69) is 48.6 Å². The minimum Gasteiger partial charge on any atom is -0.166 e. The summed E-state index contributed by atoms with van der Waals surface area (Å²) in [6, 6.07) is 14.4. The van der Waals surface area contributed by atoms with Gasteiger partial charge in [0.25, 0.3) is 0 Å². The summed E-state index contributed by atoms with van der Waals surface area (Å²) in [6.45, 7) is 0. The van der Waals surface area contributed by atoms with Crippen LogP contribution in [0.3, 0.4) is 0 Å². The van der Waals surface area contributed by atoms with Crippen molar-refractivity contribution in [1.82, 2.24) is 0 Å². The van der Waals surface area contributed by atoms with Gasteiger partial charge in [-0.05, 0) is 63.2 Å². The van der Waals surface area contributed by atoms with Crippen molar-refractivity contribution >= 4 is 29.0 Å². The molecule has 0 amide bonds. The summed E-state index contributed by atoms with van der Waals surface area (Å²) in [7, 11) is 0. The van der Waals surface area contributed by atoms with Crippen molar-refractivity contribution in [2.75, 3.05) is 0 Å². The number of aryl methyl sites for hydroxylation is 1. The fourth-order valence-electron chi connectivity index (χ4n) is 4.43. The van der Waals surface area contributed by atoms with E-state index in [0.717, 1.165) is 29.3 Å². The number of rotatable bonds is 1. The maximum atomic E-state index is 13.1. The van der Waals surface area contributed by atoms with Crippen molar-refractivity contribution < 1.29 is 13.2 Å². The van der Waals surface area contributed by atoms with Gasteiger partial charge in [-0.15, -0.1) is 0 Å². The molecule has 0 N–H and O–H groups in total. The van der Waals surface area contributed by atoms with E-state index in [1.165, 1.54) is 34.0 Å². The van der Waals surface area contributed by atoms with E-state index in [-0.39, 0.29) is 5.92 Å². The monoisotopic (exact) mass is 376 g/mol. The summed E-state index contributed by atoms with van der Waals surface area (Å²) >= 11 is 0. The molecule has 1 atom stereocenters. The van der Waals surface area contributed by atoms with Crippen LogP contribution in [-0.4, -0.2) is 0 Å². The van der Waals surface area contributed by atoms with Crippen molar-refractivity contribution in [2.24, 2.45) is 0 Å². The molecule has 1 unspecified atom stereocenters. The predicted molar refractivity (Wildman–Crippen MR) is 108 cm³/mol. The highest BCUT2D eigenvalue weighted by Crippen LogP contribution is 2.33. The molecule has 3 heteroatoms. The Hall–Kier alpha value is -2.81. The molecule has 0 saturated carbocycles. The van der Waals surface area contributed by atoms with E-state index in [9.17, 15) is 13.2 Å². The van der Waals surface area contributed by atoms with Crippen LogP contribution in [0.1, 0.15) is 41.0 Å². The smallest absolute Gasteiger partial charge is 0.166 e. The van der Waals surface area contributed by atoms with Crippen LogP contribution in [0.2, 0.25) is 0 Å². The zero-order valence-corrected chi connectivity index (χ0v) is 15.3. The third-order valence-corrected chi connectivity index (χ3v) is 5.87. The molecule has 3 aromatic rings. The van der Waals surface area contributed by atoms with Gasteiger partial charge >= 0.3 is 6.18 Å². The topological polar surface area (TPSA) is 0 Å². The van der Waals surface area contributed by atoms with Crippen LogP contribution < -0.4 is 10.4 Å². The number of hydrogen-bond donors (Lipinski definition) is 0. The highest BCUT2D eigenvalue weighted by molar-refractivity contribution is 5.93. The first-order valence-electron chi connectivity index (χ1n) is 9.61. The molecule has 0 nitrogen and oxygen atoms in total. The normalized spacial score (nSPS) is 18.2. The summed E-state index contributed by atoms with van der Waals surface area (Å²) in [5.41, 5.74) is 2.78. The summed E-state index contributed by atoms with van der Waals surface area (Å²) < 4.78 is 39.4. The largest absolute Gasteiger partial charge is 0.416 e. The molecule has 0 fully saturated rings. The highest BCUT2D eigenvalue weighted by Gasteiger charge is 2.30. The molecule has 28 heavy (non-hydrogen) atoms. The van der Waals surface area contributed by atoms with Gasteiger partial charge in [0, 0.05) is 5.92 Å². The molecular formula is C25H19F3. The second-order valence-electron chi connectivity index (χ2n) is 7.58. The molecule has 3 aromatic carbocycles. The van der Waals surface area contributed by atoms with Crippen molar-refractivity contribution in [2.45, 2.75) is 31.4 Å². The molecule has 0 spiro atoms. The third-order valence-electron chi connectivity index (χ3n) is 5.87. The first-order valence-corrected chi connectivity index (χ1v) is 9.61. The average Bonchev–Trinajstić information content (AvgIpc) is 2.72. The van der Waals surface area contributed by atoms with Crippen molar-refractivity contribution in [3.63, 3.8) is 0 Å². The molecule has 0 aromatic heterocycles. The Balaban J connectivity index is 1.68.